The first-order chi connectivity index (χ1) is 16.7. The summed E-state index contributed by atoms with van der Waals surface area (Å²) in [7, 11) is 0. The van der Waals surface area contributed by atoms with E-state index in [1.54, 1.807) is 24.3 Å². The van der Waals surface area contributed by atoms with E-state index in [-0.39, 0.29) is 5.91 Å². The highest BCUT2D eigenvalue weighted by molar-refractivity contribution is 6.07. The Labute approximate surface area is 200 Å². The van der Waals surface area contributed by atoms with E-state index < -0.39 is 17.8 Å². The minimum Gasteiger partial charge on any atom is -0.465 e. The van der Waals surface area contributed by atoms with Gasteiger partial charge in [-0.2, -0.15) is 13.2 Å². The molecule has 2 aromatic carbocycles. The van der Waals surface area contributed by atoms with Crippen molar-refractivity contribution in [1.29, 1.82) is 0 Å². The number of halogens is 3. The van der Waals surface area contributed by atoms with Crippen LogP contribution in [-0.2, 0) is 6.18 Å². The van der Waals surface area contributed by atoms with Crippen molar-refractivity contribution in [2.45, 2.75) is 31.9 Å². The van der Waals surface area contributed by atoms with Crippen LogP contribution >= 0.6 is 0 Å². The maximum Gasteiger partial charge on any atom is 0.416 e. The third kappa shape index (κ3) is 6.09. The normalized spacial score (nSPS) is 18.3. The van der Waals surface area contributed by atoms with Crippen LogP contribution in [0, 0.1) is 11.8 Å². The van der Waals surface area contributed by atoms with Crippen LogP contribution in [0.3, 0.4) is 0 Å². The van der Waals surface area contributed by atoms with Crippen LogP contribution in [0.15, 0.2) is 54.6 Å². The summed E-state index contributed by atoms with van der Waals surface area (Å²) in [6, 6.07) is 13.5. The largest absolute Gasteiger partial charge is 0.465 e. The van der Waals surface area contributed by atoms with Gasteiger partial charge in [0.05, 0.1) is 22.3 Å². The molecule has 0 bridgehead atoms. The number of benzene rings is 2. The topological polar surface area (TPSA) is 91.3 Å². The maximum atomic E-state index is 13.1. The minimum absolute atomic E-state index is 0.258. The van der Waals surface area contributed by atoms with Crippen molar-refractivity contribution in [2.24, 2.45) is 11.8 Å². The Balaban J connectivity index is 1.48. The van der Waals surface area contributed by atoms with Gasteiger partial charge in [0.2, 0.25) is 0 Å². The summed E-state index contributed by atoms with van der Waals surface area (Å²) >= 11 is 0. The van der Waals surface area contributed by atoms with E-state index in [0.717, 1.165) is 37.8 Å². The number of rotatable bonds is 6. The summed E-state index contributed by atoms with van der Waals surface area (Å²) in [5, 5.41) is 14.9. The first-order valence-corrected chi connectivity index (χ1v) is 11.5. The highest BCUT2D eigenvalue weighted by atomic mass is 19.4. The SMILES string of the molecule is O=C(O)NC[C@H]1CC[C@H](CNC(=O)c2cc(-c3ccc(C(F)(F)F)cc3)nc3ccccc23)CC1. The monoisotopic (exact) mass is 485 g/mol. The number of alkyl halides is 3. The molecule has 3 N–H and O–H groups in total. The van der Waals surface area contributed by atoms with E-state index in [1.165, 1.54) is 12.1 Å². The van der Waals surface area contributed by atoms with Gasteiger partial charge in [-0.1, -0.05) is 30.3 Å². The van der Waals surface area contributed by atoms with Crippen molar-refractivity contribution in [3.8, 4) is 11.3 Å². The van der Waals surface area contributed by atoms with Crippen molar-refractivity contribution in [3.63, 3.8) is 0 Å². The molecule has 0 aliphatic heterocycles. The van der Waals surface area contributed by atoms with Gasteiger partial charge >= 0.3 is 12.3 Å². The Morgan fingerprint density at radius 1 is 0.914 bits per heavy atom. The van der Waals surface area contributed by atoms with Crippen LogP contribution < -0.4 is 10.6 Å². The lowest BCUT2D eigenvalue weighted by Gasteiger charge is -2.28. The van der Waals surface area contributed by atoms with Crippen LogP contribution in [0.25, 0.3) is 22.2 Å². The molecule has 6 nitrogen and oxygen atoms in total. The van der Waals surface area contributed by atoms with Gasteiger partial charge in [-0.05, 0) is 61.8 Å². The molecule has 1 aliphatic rings. The summed E-state index contributed by atoms with van der Waals surface area (Å²) in [5.41, 5.74) is 1.18. The Bertz CT molecular complexity index is 1200. The van der Waals surface area contributed by atoms with Crippen LogP contribution in [-0.4, -0.2) is 35.2 Å². The second kappa shape index (κ2) is 10.3. The zero-order valence-electron chi connectivity index (χ0n) is 18.9. The van der Waals surface area contributed by atoms with Gasteiger partial charge in [0, 0.05) is 24.0 Å². The molecule has 9 heteroatoms. The number of amides is 2. The van der Waals surface area contributed by atoms with Gasteiger partial charge in [-0.25, -0.2) is 9.78 Å². The number of hydrogen-bond donors (Lipinski definition) is 3. The lowest BCUT2D eigenvalue weighted by molar-refractivity contribution is -0.137. The van der Waals surface area contributed by atoms with Crippen molar-refractivity contribution >= 4 is 22.9 Å². The second-order valence-electron chi connectivity index (χ2n) is 8.93. The number of nitrogens with zero attached hydrogens (tertiary/aromatic N) is 1. The number of pyridine rings is 1. The molecule has 0 unspecified atom stereocenters. The average Bonchev–Trinajstić information content (AvgIpc) is 2.85. The molecular weight excluding hydrogens is 459 g/mol. The lowest BCUT2D eigenvalue weighted by Crippen LogP contribution is -2.34. The highest BCUT2D eigenvalue weighted by Crippen LogP contribution is 2.32. The standard InChI is InChI=1S/C26H26F3N3O3/c27-26(28,29)19-11-9-18(10-12-19)23-13-21(20-3-1-2-4-22(20)32-23)24(33)30-14-16-5-7-17(8-6-16)15-31-25(34)35/h1-4,9-13,16-17,31H,5-8,14-15H2,(H,30,33)(H,34,35)/t16-,17-. The van der Waals surface area contributed by atoms with E-state index in [2.05, 4.69) is 15.6 Å². The molecule has 0 radical (unpaired) electrons. The van der Waals surface area contributed by atoms with E-state index >= 15 is 0 Å². The maximum absolute atomic E-state index is 13.1. The number of carboxylic acid groups (broad SMARTS) is 1. The van der Waals surface area contributed by atoms with Crippen molar-refractivity contribution in [2.75, 3.05) is 13.1 Å². The molecule has 0 spiro atoms. The van der Waals surface area contributed by atoms with Gasteiger partial charge in [0.1, 0.15) is 0 Å². The first-order valence-electron chi connectivity index (χ1n) is 11.5. The van der Waals surface area contributed by atoms with Gasteiger partial charge < -0.3 is 15.7 Å². The fourth-order valence-corrected chi connectivity index (χ4v) is 4.54. The summed E-state index contributed by atoms with van der Waals surface area (Å²) in [5.74, 6) is 0.363. The van der Waals surface area contributed by atoms with Gasteiger partial charge in [0.25, 0.3) is 5.91 Å². The molecule has 1 heterocycles. The Morgan fingerprint density at radius 3 is 2.11 bits per heavy atom. The van der Waals surface area contributed by atoms with E-state index in [4.69, 9.17) is 5.11 Å². The average molecular weight is 486 g/mol. The molecule has 184 valence electrons. The molecule has 35 heavy (non-hydrogen) atoms. The van der Waals surface area contributed by atoms with Crippen molar-refractivity contribution < 1.29 is 27.9 Å². The van der Waals surface area contributed by atoms with E-state index in [1.807, 2.05) is 6.07 Å². The van der Waals surface area contributed by atoms with E-state index in [0.29, 0.717) is 52.6 Å². The molecule has 1 fully saturated rings. The number of carbonyl (C=O) groups is 2. The number of hydrogen-bond acceptors (Lipinski definition) is 3. The zero-order chi connectivity index (χ0) is 25.0. The minimum atomic E-state index is -4.42. The first kappa shape index (κ1) is 24.5. The number of para-hydroxylation sites is 1. The molecule has 4 rings (SSSR count). The van der Waals surface area contributed by atoms with E-state index in [9.17, 15) is 22.8 Å². The zero-order valence-corrected chi connectivity index (χ0v) is 18.9. The molecule has 1 aromatic heterocycles. The third-order valence-corrected chi connectivity index (χ3v) is 6.53. The molecular formula is C26H26F3N3O3. The smallest absolute Gasteiger partial charge is 0.416 e. The van der Waals surface area contributed by atoms with Crippen LogP contribution in [0.5, 0.6) is 0 Å². The molecule has 3 aromatic rings. The molecule has 1 saturated carbocycles. The summed E-state index contributed by atoms with van der Waals surface area (Å²) in [6.45, 7) is 0.953. The number of nitrogens with one attached hydrogen (secondary N) is 2. The van der Waals surface area contributed by atoms with Gasteiger partial charge in [-0.3, -0.25) is 4.79 Å². The predicted octanol–water partition coefficient (Wildman–Crippen LogP) is 5.72. The van der Waals surface area contributed by atoms with Crippen molar-refractivity contribution in [3.05, 3.63) is 65.7 Å². The number of carbonyl (C=O) groups excluding carboxylic acids is 1. The summed E-state index contributed by atoms with van der Waals surface area (Å²) in [6.07, 6.45) is -1.83. The Morgan fingerprint density at radius 2 is 1.51 bits per heavy atom. The highest BCUT2D eigenvalue weighted by Gasteiger charge is 2.30. The molecule has 1 aliphatic carbocycles. The van der Waals surface area contributed by atoms with Crippen LogP contribution in [0.2, 0.25) is 0 Å². The second-order valence-corrected chi connectivity index (χ2v) is 8.93. The summed E-state index contributed by atoms with van der Waals surface area (Å²) in [4.78, 5) is 28.4. The molecule has 0 saturated heterocycles. The third-order valence-electron chi connectivity index (χ3n) is 6.53. The lowest BCUT2D eigenvalue weighted by atomic mass is 9.82. The Hall–Kier alpha value is -3.62. The molecule has 0 atom stereocenters. The summed E-state index contributed by atoms with van der Waals surface area (Å²) < 4.78 is 38.8. The number of fused-ring (bicyclic) bond motifs is 1. The predicted molar refractivity (Wildman–Crippen MR) is 126 cm³/mol. The van der Waals surface area contributed by atoms with Crippen LogP contribution in [0.1, 0.15) is 41.6 Å². The Kier molecular flexibility index (Phi) is 7.23. The quantitative estimate of drug-likeness (QED) is 0.416. The fourth-order valence-electron chi connectivity index (χ4n) is 4.54. The fraction of sp³-hybridized carbons (Fsp3) is 0.346. The molecule has 2 amide bonds. The van der Waals surface area contributed by atoms with Crippen LogP contribution in [0.4, 0.5) is 18.0 Å². The van der Waals surface area contributed by atoms with Gasteiger partial charge in [0.15, 0.2) is 0 Å². The number of aromatic nitrogens is 1. The van der Waals surface area contributed by atoms with Crippen molar-refractivity contribution in [1.82, 2.24) is 15.6 Å². The van der Waals surface area contributed by atoms with Gasteiger partial charge in [-0.15, -0.1) is 0 Å².